The zero-order chi connectivity index (χ0) is 22.2. The number of ether oxygens (including phenoxy) is 2. The van der Waals surface area contributed by atoms with Gasteiger partial charge in [0, 0.05) is 12.0 Å². The minimum Gasteiger partial charge on any atom is -0.493 e. The second kappa shape index (κ2) is 7.85. The number of rotatable bonds is 7. The molecule has 0 heterocycles. The van der Waals surface area contributed by atoms with Gasteiger partial charge < -0.3 is 14.8 Å². The number of methoxy groups -OCH3 is 2. The van der Waals surface area contributed by atoms with E-state index in [0.717, 1.165) is 17.7 Å². The maximum Gasteiger partial charge on any atom is 0.416 e. The molecule has 162 valence electrons. The molecule has 0 atom stereocenters. The highest BCUT2D eigenvalue weighted by molar-refractivity contribution is 5.91. The Balaban J connectivity index is 1.75. The van der Waals surface area contributed by atoms with Crippen LogP contribution in [0.15, 0.2) is 42.5 Å². The molecule has 1 N–H and O–H groups in total. The second-order valence-corrected chi connectivity index (χ2v) is 8.30. The van der Waals surface area contributed by atoms with Crippen LogP contribution in [0.25, 0.3) is 0 Å². The normalized spacial score (nSPS) is 15.4. The van der Waals surface area contributed by atoms with E-state index < -0.39 is 22.6 Å². The van der Waals surface area contributed by atoms with E-state index in [2.05, 4.69) is 5.32 Å². The van der Waals surface area contributed by atoms with E-state index in [-0.39, 0.29) is 5.91 Å². The maximum atomic E-state index is 13.1. The molecule has 0 aromatic heterocycles. The lowest BCUT2D eigenvalue weighted by atomic mass is 9.84. The Hall–Kier alpha value is -2.70. The lowest BCUT2D eigenvalue weighted by Gasteiger charge is -2.28. The van der Waals surface area contributed by atoms with Crippen LogP contribution in [0.3, 0.4) is 0 Å². The van der Waals surface area contributed by atoms with Crippen molar-refractivity contribution in [2.45, 2.75) is 43.7 Å². The summed E-state index contributed by atoms with van der Waals surface area (Å²) in [6.07, 6.45) is -3.36. The van der Waals surface area contributed by atoms with Crippen LogP contribution in [-0.2, 0) is 21.8 Å². The standard InChI is InChI=1S/C23H26F3NO3/c1-21(2,15-8-9-18(29-3)19(13-15)30-4)14-27-20(28)22(10-11-22)16-6-5-7-17(12-16)23(24,25)26/h5-9,12-13H,10-11,14H2,1-4H3,(H,27,28). The molecule has 1 saturated carbocycles. The molecule has 7 heteroatoms. The molecule has 0 radical (unpaired) electrons. The van der Waals surface area contributed by atoms with Gasteiger partial charge in [-0.3, -0.25) is 4.79 Å². The van der Waals surface area contributed by atoms with Gasteiger partial charge in [0.1, 0.15) is 0 Å². The Kier molecular flexibility index (Phi) is 5.76. The van der Waals surface area contributed by atoms with Crippen molar-refractivity contribution in [3.63, 3.8) is 0 Å². The number of alkyl halides is 3. The van der Waals surface area contributed by atoms with Crippen molar-refractivity contribution >= 4 is 5.91 Å². The van der Waals surface area contributed by atoms with Crippen molar-refractivity contribution in [1.82, 2.24) is 5.32 Å². The highest BCUT2D eigenvalue weighted by Crippen LogP contribution is 2.49. The van der Waals surface area contributed by atoms with Gasteiger partial charge in [0.25, 0.3) is 0 Å². The molecule has 3 rings (SSSR count). The smallest absolute Gasteiger partial charge is 0.416 e. The van der Waals surface area contributed by atoms with E-state index in [4.69, 9.17) is 9.47 Å². The third-order valence-corrected chi connectivity index (χ3v) is 5.78. The number of hydrogen-bond donors (Lipinski definition) is 1. The number of halogens is 3. The fraction of sp³-hybridized carbons (Fsp3) is 0.435. The zero-order valence-corrected chi connectivity index (χ0v) is 17.5. The number of carbonyl (C=O) groups is 1. The Morgan fingerprint density at radius 3 is 2.23 bits per heavy atom. The molecule has 2 aromatic carbocycles. The van der Waals surface area contributed by atoms with Gasteiger partial charge in [-0.1, -0.05) is 38.1 Å². The summed E-state index contributed by atoms with van der Waals surface area (Å²) in [5, 5.41) is 2.95. The molecule has 0 saturated heterocycles. The monoisotopic (exact) mass is 421 g/mol. The van der Waals surface area contributed by atoms with Gasteiger partial charge >= 0.3 is 6.18 Å². The van der Waals surface area contributed by atoms with E-state index in [9.17, 15) is 18.0 Å². The SMILES string of the molecule is COc1ccc(C(C)(C)CNC(=O)C2(c3cccc(C(F)(F)F)c3)CC2)cc1OC. The highest BCUT2D eigenvalue weighted by Gasteiger charge is 2.52. The molecular weight excluding hydrogens is 395 g/mol. The van der Waals surface area contributed by atoms with Crippen LogP contribution >= 0.6 is 0 Å². The fourth-order valence-corrected chi connectivity index (χ4v) is 3.59. The molecule has 1 aliphatic rings. The molecule has 1 fully saturated rings. The first kappa shape index (κ1) is 22.0. The molecule has 1 aliphatic carbocycles. The van der Waals surface area contributed by atoms with Crippen LogP contribution in [0, 0.1) is 0 Å². The van der Waals surface area contributed by atoms with Crippen molar-refractivity contribution in [2.24, 2.45) is 0 Å². The predicted octanol–water partition coefficient (Wildman–Crippen LogP) is 4.85. The molecular formula is C23H26F3NO3. The number of nitrogens with one attached hydrogen (secondary N) is 1. The molecule has 0 unspecified atom stereocenters. The summed E-state index contributed by atoms with van der Waals surface area (Å²) in [6, 6.07) is 10.7. The third-order valence-electron chi connectivity index (χ3n) is 5.78. The number of carbonyl (C=O) groups excluding carboxylic acids is 1. The van der Waals surface area contributed by atoms with E-state index in [0.29, 0.717) is 36.4 Å². The summed E-state index contributed by atoms with van der Waals surface area (Å²) in [5.41, 5.74) is -0.665. The Labute approximate surface area is 174 Å². The summed E-state index contributed by atoms with van der Waals surface area (Å²) in [7, 11) is 3.12. The van der Waals surface area contributed by atoms with Crippen LogP contribution in [0.4, 0.5) is 13.2 Å². The maximum absolute atomic E-state index is 13.1. The largest absolute Gasteiger partial charge is 0.493 e. The molecule has 0 bridgehead atoms. The predicted molar refractivity (Wildman–Crippen MR) is 108 cm³/mol. The van der Waals surface area contributed by atoms with Crippen molar-refractivity contribution in [1.29, 1.82) is 0 Å². The van der Waals surface area contributed by atoms with Crippen molar-refractivity contribution in [3.8, 4) is 11.5 Å². The van der Waals surface area contributed by atoms with Crippen molar-refractivity contribution in [3.05, 3.63) is 59.2 Å². The quantitative estimate of drug-likeness (QED) is 0.695. The lowest BCUT2D eigenvalue weighted by Crippen LogP contribution is -2.42. The third kappa shape index (κ3) is 4.25. The summed E-state index contributed by atoms with van der Waals surface area (Å²) < 4.78 is 49.8. The average molecular weight is 421 g/mol. The van der Waals surface area contributed by atoms with Gasteiger partial charge in [-0.25, -0.2) is 0 Å². The van der Waals surface area contributed by atoms with Gasteiger partial charge in [-0.15, -0.1) is 0 Å². The van der Waals surface area contributed by atoms with Gasteiger partial charge in [0.2, 0.25) is 5.91 Å². The molecule has 30 heavy (non-hydrogen) atoms. The Morgan fingerprint density at radius 1 is 1.00 bits per heavy atom. The highest BCUT2D eigenvalue weighted by atomic mass is 19.4. The average Bonchev–Trinajstić information content (AvgIpc) is 3.53. The van der Waals surface area contributed by atoms with Gasteiger partial charge in [-0.05, 0) is 42.2 Å². The fourth-order valence-electron chi connectivity index (χ4n) is 3.59. The molecule has 0 aliphatic heterocycles. The van der Waals surface area contributed by atoms with Crippen LogP contribution in [-0.4, -0.2) is 26.7 Å². The van der Waals surface area contributed by atoms with Gasteiger partial charge in [0.15, 0.2) is 11.5 Å². The van der Waals surface area contributed by atoms with Crippen LogP contribution < -0.4 is 14.8 Å². The minimum atomic E-state index is -4.43. The summed E-state index contributed by atoms with van der Waals surface area (Å²) in [6.45, 7) is 4.30. The number of hydrogen-bond acceptors (Lipinski definition) is 3. The van der Waals surface area contributed by atoms with Crippen molar-refractivity contribution in [2.75, 3.05) is 20.8 Å². The van der Waals surface area contributed by atoms with Crippen LogP contribution in [0.5, 0.6) is 11.5 Å². The second-order valence-electron chi connectivity index (χ2n) is 8.30. The van der Waals surface area contributed by atoms with E-state index >= 15 is 0 Å². The summed E-state index contributed by atoms with van der Waals surface area (Å²) in [4.78, 5) is 13.0. The van der Waals surface area contributed by atoms with Crippen LogP contribution in [0.1, 0.15) is 43.4 Å². The first-order valence-corrected chi connectivity index (χ1v) is 9.72. The van der Waals surface area contributed by atoms with Gasteiger partial charge in [0.05, 0.1) is 25.2 Å². The molecule has 1 amide bonds. The topological polar surface area (TPSA) is 47.6 Å². The summed E-state index contributed by atoms with van der Waals surface area (Å²) >= 11 is 0. The first-order valence-electron chi connectivity index (χ1n) is 9.72. The van der Waals surface area contributed by atoms with Crippen LogP contribution in [0.2, 0.25) is 0 Å². The number of amides is 1. The first-order chi connectivity index (χ1) is 14.0. The Bertz CT molecular complexity index is 934. The summed E-state index contributed by atoms with van der Waals surface area (Å²) in [5.74, 6) is 0.968. The Morgan fingerprint density at radius 2 is 1.67 bits per heavy atom. The molecule has 4 nitrogen and oxygen atoms in total. The lowest BCUT2D eigenvalue weighted by molar-refractivity contribution is -0.137. The molecule has 0 spiro atoms. The molecule has 2 aromatic rings. The van der Waals surface area contributed by atoms with E-state index in [1.54, 1.807) is 20.3 Å². The van der Waals surface area contributed by atoms with Gasteiger partial charge in [-0.2, -0.15) is 13.2 Å². The minimum absolute atomic E-state index is 0.240. The van der Waals surface area contributed by atoms with E-state index in [1.165, 1.54) is 6.07 Å². The van der Waals surface area contributed by atoms with Crippen molar-refractivity contribution < 1.29 is 27.4 Å². The zero-order valence-electron chi connectivity index (χ0n) is 17.5. The number of benzene rings is 2. The van der Waals surface area contributed by atoms with E-state index in [1.807, 2.05) is 32.0 Å².